The Bertz CT molecular complexity index is 1680. The minimum Gasteiger partial charge on any atom is -0.464 e. The summed E-state index contributed by atoms with van der Waals surface area (Å²) in [6.45, 7) is 3.20. The van der Waals surface area contributed by atoms with Gasteiger partial charge in [0, 0.05) is 53.9 Å². The number of aromatic nitrogens is 2. The first-order chi connectivity index (χ1) is 20.8. The predicted molar refractivity (Wildman–Crippen MR) is 156 cm³/mol. The van der Waals surface area contributed by atoms with Crippen LogP contribution < -0.4 is 15.1 Å². The van der Waals surface area contributed by atoms with E-state index in [2.05, 4.69) is 16.3 Å². The minimum atomic E-state index is -4.53. The minimum absolute atomic E-state index is 0.0668. The molecule has 0 fully saturated rings. The zero-order chi connectivity index (χ0) is 30.0. The molecule has 2 aliphatic heterocycles. The van der Waals surface area contributed by atoms with E-state index in [4.69, 9.17) is 19.4 Å². The second-order valence-corrected chi connectivity index (χ2v) is 10.3. The van der Waals surface area contributed by atoms with Crippen molar-refractivity contribution in [3.05, 3.63) is 125 Å². The zero-order valence-corrected chi connectivity index (χ0v) is 23.3. The molecule has 1 aromatic heterocycles. The van der Waals surface area contributed by atoms with Crippen LogP contribution in [-0.2, 0) is 28.6 Å². The Balaban J connectivity index is 1.21. The number of rotatable bonds is 6. The van der Waals surface area contributed by atoms with Gasteiger partial charge in [-0.2, -0.15) is 13.2 Å². The van der Waals surface area contributed by atoms with Gasteiger partial charge < -0.3 is 19.7 Å². The van der Waals surface area contributed by atoms with Crippen molar-refractivity contribution < 1.29 is 27.4 Å². The molecule has 0 atom stereocenters. The number of nitrogens with zero attached hydrogens (tertiary/aromatic N) is 4. The fourth-order valence-electron chi connectivity index (χ4n) is 5.19. The number of allylic oxidation sites excluding steroid dienone is 4. The van der Waals surface area contributed by atoms with Gasteiger partial charge in [-0.15, -0.1) is 0 Å². The molecule has 0 unspecified atom stereocenters. The van der Waals surface area contributed by atoms with Gasteiger partial charge in [-0.05, 0) is 61.7 Å². The van der Waals surface area contributed by atoms with Crippen LogP contribution in [-0.4, -0.2) is 22.4 Å². The smallest absolute Gasteiger partial charge is 0.416 e. The molecule has 1 aliphatic carbocycles. The van der Waals surface area contributed by atoms with Gasteiger partial charge in [0.1, 0.15) is 12.5 Å². The fourth-order valence-corrected chi connectivity index (χ4v) is 5.19. The fraction of sp³-hybridized carbons (Fsp3) is 0.219. The molecule has 0 spiro atoms. The highest BCUT2D eigenvalue weighted by Gasteiger charge is 2.31. The van der Waals surface area contributed by atoms with E-state index in [-0.39, 0.29) is 5.56 Å². The van der Waals surface area contributed by atoms with E-state index in [0.717, 1.165) is 53.2 Å². The monoisotopic (exact) mass is 587 g/mol. The van der Waals surface area contributed by atoms with Crippen LogP contribution in [0.15, 0.2) is 97.3 Å². The molecule has 1 amide bonds. The molecule has 3 aliphatic rings. The van der Waals surface area contributed by atoms with Gasteiger partial charge in [0.25, 0.3) is 5.91 Å². The lowest BCUT2D eigenvalue weighted by Gasteiger charge is -2.33. The molecular formula is C32H28F3N5O3. The Kier molecular flexibility index (Phi) is 7.62. The maximum Gasteiger partial charge on any atom is 0.416 e. The van der Waals surface area contributed by atoms with Crippen LogP contribution in [0, 0.1) is 6.92 Å². The number of benzene rings is 2. The van der Waals surface area contributed by atoms with Crippen molar-refractivity contribution in [1.82, 2.24) is 9.97 Å². The van der Waals surface area contributed by atoms with E-state index >= 15 is 0 Å². The Morgan fingerprint density at radius 3 is 2.77 bits per heavy atom. The first kappa shape index (κ1) is 28.1. The lowest BCUT2D eigenvalue weighted by Crippen LogP contribution is -2.33. The van der Waals surface area contributed by atoms with Gasteiger partial charge in [-0.1, -0.05) is 24.3 Å². The Hall–Kier alpha value is -5.06. The van der Waals surface area contributed by atoms with Crippen LogP contribution in [0.3, 0.4) is 0 Å². The number of alkyl halides is 3. The van der Waals surface area contributed by atoms with Gasteiger partial charge in [0.2, 0.25) is 11.8 Å². The summed E-state index contributed by atoms with van der Waals surface area (Å²) in [7, 11) is 0. The number of ether oxygens (including phenoxy) is 2. The van der Waals surface area contributed by atoms with E-state index in [1.54, 1.807) is 6.07 Å². The van der Waals surface area contributed by atoms with Crippen molar-refractivity contribution in [2.24, 2.45) is 0 Å². The van der Waals surface area contributed by atoms with Crippen LogP contribution >= 0.6 is 0 Å². The highest BCUT2D eigenvalue weighted by molar-refractivity contribution is 6.04. The molecule has 1 N–H and O–H groups in total. The number of fused-ring (bicyclic) bond motifs is 1. The molecule has 8 nitrogen and oxygen atoms in total. The average molecular weight is 588 g/mol. The lowest BCUT2D eigenvalue weighted by molar-refractivity contribution is -0.137. The predicted octanol–water partition coefficient (Wildman–Crippen LogP) is 6.98. The number of nitrogens with one attached hydrogen (secondary N) is 1. The average Bonchev–Trinajstić information content (AvgIpc) is 3.02. The summed E-state index contributed by atoms with van der Waals surface area (Å²) < 4.78 is 50.5. The molecular weight excluding hydrogens is 559 g/mol. The van der Waals surface area contributed by atoms with E-state index in [9.17, 15) is 18.0 Å². The molecule has 6 rings (SSSR count). The Morgan fingerprint density at radius 2 is 2.00 bits per heavy atom. The van der Waals surface area contributed by atoms with Gasteiger partial charge in [0.05, 0.1) is 11.3 Å². The molecule has 0 saturated carbocycles. The van der Waals surface area contributed by atoms with Crippen LogP contribution in [0.25, 0.3) is 0 Å². The topological polar surface area (TPSA) is 79.8 Å². The molecule has 0 saturated heterocycles. The number of aryl methyl sites for hydroxylation is 1. The first-order valence-electron chi connectivity index (χ1n) is 13.8. The zero-order valence-electron chi connectivity index (χ0n) is 23.3. The SMILES string of the molecule is Cc1ccc(NC(=O)c2cccc(C(F)(F)F)c2)cc1N1CCc2nc(N(C3=CC=CCC3)C3=COC=CO3)ncc2C1. The highest BCUT2D eigenvalue weighted by atomic mass is 19.4. The lowest BCUT2D eigenvalue weighted by atomic mass is 10.0. The van der Waals surface area contributed by atoms with Crippen molar-refractivity contribution in [1.29, 1.82) is 0 Å². The summed E-state index contributed by atoms with van der Waals surface area (Å²) in [6.07, 6.45) is 10.2. The van der Waals surface area contributed by atoms with Crippen molar-refractivity contribution in [3.63, 3.8) is 0 Å². The number of hydrogen-bond donors (Lipinski definition) is 1. The first-order valence-corrected chi connectivity index (χ1v) is 13.8. The van der Waals surface area contributed by atoms with Crippen molar-refractivity contribution in [3.8, 4) is 0 Å². The van der Waals surface area contributed by atoms with Gasteiger partial charge >= 0.3 is 6.18 Å². The van der Waals surface area contributed by atoms with Crippen LogP contribution in [0.2, 0.25) is 0 Å². The van der Waals surface area contributed by atoms with Crippen molar-refractivity contribution in [2.75, 3.05) is 21.7 Å². The third-order valence-electron chi connectivity index (χ3n) is 7.37. The van der Waals surface area contributed by atoms with Gasteiger partial charge in [-0.25, -0.2) is 14.9 Å². The van der Waals surface area contributed by atoms with E-state index < -0.39 is 17.6 Å². The van der Waals surface area contributed by atoms with E-state index in [1.807, 2.05) is 42.3 Å². The van der Waals surface area contributed by atoms with Gasteiger partial charge in [0.15, 0.2) is 6.26 Å². The molecule has 11 heteroatoms. The van der Waals surface area contributed by atoms with E-state index in [0.29, 0.717) is 37.0 Å². The molecule has 43 heavy (non-hydrogen) atoms. The van der Waals surface area contributed by atoms with Gasteiger partial charge in [-0.3, -0.25) is 4.79 Å². The summed E-state index contributed by atoms with van der Waals surface area (Å²) in [6, 6.07) is 9.83. The second kappa shape index (κ2) is 11.7. The number of carbonyl (C=O) groups is 1. The molecule has 0 radical (unpaired) electrons. The third kappa shape index (κ3) is 6.11. The number of anilines is 3. The Morgan fingerprint density at radius 1 is 1.12 bits per heavy atom. The van der Waals surface area contributed by atoms with Crippen LogP contribution in [0.4, 0.5) is 30.5 Å². The highest BCUT2D eigenvalue weighted by Crippen LogP contribution is 2.33. The molecule has 3 aromatic rings. The number of carbonyl (C=O) groups excluding carboxylic acids is 1. The quantitative estimate of drug-likeness (QED) is 0.334. The van der Waals surface area contributed by atoms with Crippen molar-refractivity contribution >= 4 is 23.2 Å². The Labute approximate surface area is 246 Å². The number of halogens is 3. The molecule has 0 bridgehead atoms. The van der Waals surface area contributed by atoms with Crippen LogP contribution in [0.5, 0.6) is 0 Å². The molecule has 220 valence electrons. The maximum atomic E-state index is 13.1. The maximum absolute atomic E-state index is 13.1. The standard InChI is InChI=1S/C32H28F3N5O3/c1-21-10-11-25(37-30(41)22-6-5-7-24(16-22)32(33,34)35)17-28(21)39-13-12-27-23(19-39)18-36-31(38-27)40(26-8-3-2-4-9-26)29-20-42-14-15-43-29/h2-3,5-8,10-11,14-18,20H,4,9,12-13,19H2,1H3,(H,37,41). The van der Waals surface area contributed by atoms with Crippen molar-refractivity contribution in [2.45, 2.75) is 38.9 Å². The number of amides is 1. The number of hydrogen-bond acceptors (Lipinski definition) is 7. The summed E-state index contributed by atoms with van der Waals surface area (Å²) in [5.74, 6) is 0.354. The summed E-state index contributed by atoms with van der Waals surface area (Å²) in [5, 5.41) is 2.74. The summed E-state index contributed by atoms with van der Waals surface area (Å²) in [5.41, 5.74) is 4.34. The van der Waals surface area contributed by atoms with E-state index in [1.165, 1.54) is 30.9 Å². The largest absolute Gasteiger partial charge is 0.464 e. The summed E-state index contributed by atoms with van der Waals surface area (Å²) in [4.78, 5) is 26.4. The molecule has 2 aromatic carbocycles. The van der Waals surface area contributed by atoms with Crippen LogP contribution in [0.1, 0.15) is 45.6 Å². The second-order valence-electron chi connectivity index (χ2n) is 10.3. The summed E-state index contributed by atoms with van der Waals surface area (Å²) >= 11 is 0. The third-order valence-corrected chi connectivity index (χ3v) is 7.37. The molecule has 3 heterocycles. The normalized spacial score (nSPS) is 16.0.